The van der Waals surface area contributed by atoms with Gasteiger partial charge in [-0.1, -0.05) is 19.8 Å². The first-order valence-electron chi connectivity index (χ1n) is 6.13. The Labute approximate surface area is 98.1 Å². The smallest absolute Gasteiger partial charge is 0.234 e. The molecule has 0 spiro atoms. The molecule has 1 fully saturated rings. The third-order valence-corrected chi connectivity index (χ3v) is 3.28. The summed E-state index contributed by atoms with van der Waals surface area (Å²) in [6.45, 7) is 4.83. The predicted octanol–water partition coefficient (Wildman–Crippen LogP) is 0.919. The van der Waals surface area contributed by atoms with E-state index in [1.54, 1.807) is 7.11 Å². The Morgan fingerprint density at radius 1 is 1.38 bits per heavy atom. The van der Waals surface area contributed by atoms with Gasteiger partial charge in [0.15, 0.2) is 0 Å². The van der Waals surface area contributed by atoms with Crippen molar-refractivity contribution in [2.45, 2.75) is 32.6 Å². The average Bonchev–Trinajstić information content (AvgIpc) is 2.66. The number of ether oxygens (including phenoxy) is 1. The number of carbonyl (C=O) groups is 1. The van der Waals surface area contributed by atoms with Crippen LogP contribution < -0.4 is 10.6 Å². The molecule has 0 heterocycles. The summed E-state index contributed by atoms with van der Waals surface area (Å²) in [6.07, 6.45) is 5.23. The molecule has 0 aromatic rings. The maximum atomic E-state index is 11.4. The number of rotatable bonds is 7. The maximum absolute atomic E-state index is 11.4. The van der Waals surface area contributed by atoms with Gasteiger partial charge in [0.2, 0.25) is 5.91 Å². The van der Waals surface area contributed by atoms with Crippen LogP contribution in [0.2, 0.25) is 0 Å². The highest BCUT2D eigenvalue weighted by atomic mass is 16.5. The molecule has 1 amide bonds. The van der Waals surface area contributed by atoms with E-state index in [1.807, 2.05) is 0 Å². The number of carbonyl (C=O) groups excluding carboxylic acids is 1. The fraction of sp³-hybridized carbons (Fsp3) is 0.917. The Morgan fingerprint density at radius 3 is 2.69 bits per heavy atom. The number of hydrogen-bond donors (Lipinski definition) is 2. The first kappa shape index (κ1) is 13.5. The van der Waals surface area contributed by atoms with Gasteiger partial charge in [-0.3, -0.25) is 4.79 Å². The minimum atomic E-state index is 0.0543. The Hall–Kier alpha value is -0.610. The molecule has 94 valence electrons. The minimum absolute atomic E-state index is 0.0543. The first-order valence-corrected chi connectivity index (χ1v) is 6.13. The molecule has 0 bridgehead atoms. The van der Waals surface area contributed by atoms with Gasteiger partial charge >= 0.3 is 0 Å². The maximum Gasteiger partial charge on any atom is 0.234 e. The first-order chi connectivity index (χ1) is 7.66. The number of methoxy groups -OCH3 is 1. The monoisotopic (exact) mass is 228 g/mol. The summed E-state index contributed by atoms with van der Waals surface area (Å²) in [6, 6.07) is 0. The van der Waals surface area contributed by atoms with Crippen molar-refractivity contribution < 1.29 is 9.53 Å². The van der Waals surface area contributed by atoms with E-state index in [0.717, 1.165) is 6.54 Å². The molecular weight excluding hydrogens is 204 g/mol. The average molecular weight is 228 g/mol. The van der Waals surface area contributed by atoms with Gasteiger partial charge in [0.05, 0.1) is 13.2 Å². The van der Waals surface area contributed by atoms with Crippen LogP contribution in [0.4, 0.5) is 0 Å². The lowest BCUT2D eigenvalue weighted by Crippen LogP contribution is -2.39. The van der Waals surface area contributed by atoms with Crippen LogP contribution in [-0.4, -0.2) is 39.3 Å². The Kier molecular flexibility index (Phi) is 5.77. The zero-order valence-electron chi connectivity index (χ0n) is 10.5. The Morgan fingerprint density at radius 2 is 2.06 bits per heavy atom. The molecular formula is C12H24N2O2. The van der Waals surface area contributed by atoms with E-state index in [4.69, 9.17) is 4.74 Å². The van der Waals surface area contributed by atoms with Crippen LogP contribution in [0, 0.1) is 5.41 Å². The Bertz CT molecular complexity index is 213. The molecule has 0 unspecified atom stereocenters. The van der Waals surface area contributed by atoms with Gasteiger partial charge in [-0.2, -0.15) is 0 Å². The predicted molar refractivity (Wildman–Crippen MR) is 64.3 cm³/mol. The normalized spacial score (nSPS) is 18.6. The summed E-state index contributed by atoms with van der Waals surface area (Å²) in [4.78, 5) is 11.4. The third-order valence-electron chi connectivity index (χ3n) is 3.28. The van der Waals surface area contributed by atoms with Crippen LogP contribution >= 0.6 is 0 Å². The third kappa shape index (κ3) is 4.94. The van der Waals surface area contributed by atoms with Crippen molar-refractivity contribution in [1.82, 2.24) is 10.6 Å². The van der Waals surface area contributed by atoms with Crippen molar-refractivity contribution >= 4 is 5.91 Å². The molecule has 0 aromatic carbocycles. The fourth-order valence-corrected chi connectivity index (χ4v) is 2.24. The molecule has 1 saturated carbocycles. The van der Waals surface area contributed by atoms with Crippen LogP contribution in [0.5, 0.6) is 0 Å². The van der Waals surface area contributed by atoms with E-state index in [9.17, 15) is 4.79 Å². The number of amides is 1. The van der Waals surface area contributed by atoms with Crippen LogP contribution in [0.25, 0.3) is 0 Å². The molecule has 0 radical (unpaired) electrons. The standard InChI is InChI=1S/C12H24N2O2/c1-12(5-3-4-6-12)10-13-9-11(15)14-7-8-16-2/h13H,3-10H2,1-2H3,(H,14,15). The van der Waals surface area contributed by atoms with Crippen molar-refractivity contribution in [2.24, 2.45) is 5.41 Å². The summed E-state index contributed by atoms with van der Waals surface area (Å²) in [7, 11) is 1.63. The molecule has 2 N–H and O–H groups in total. The van der Waals surface area contributed by atoms with Gasteiger partial charge in [-0.15, -0.1) is 0 Å². The molecule has 4 nitrogen and oxygen atoms in total. The molecule has 0 aromatic heterocycles. The highest BCUT2D eigenvalue weighted by Gasteiger charge is 2.27. The van der Waals surface area contributed by atoms with Gasteiger partial charge in [0.25, 0.3) is 0 Å². The lowest BCUT2D eigenvalue weighted by molar-refractivity contribution is -0.120. The topological polar surface area (TPSA) is 50.4 Å². The van der Waals surface area contributed by atoms with E-state index in [1.165, 1.54) is 25.7 Å². The second-order valence-corrected chi connectivity index (χ2v) is 4.96. The molecule has 1 rings (SSSR count). The second-order valence-electron chi connectivity index (χ2n) is 4.96. The molecule has 1 aliphatic carbocycles. The summed E-state index contributed by atoms with van der Waals surface area (Å²) < 4.78 is 4.86. The molecule has 0 saturated heterocycles. The van der Waals surface area contributed by atoms with Crippen molar-refractivity contribution in [3.63, 3.8) is 0 Å². The molecule has 0 atom stereocenters. The largest absolute Gasteiger partial charge is 0.383 e. The number of hydrogen-bond acceptors (Lipinski definition) is 3. The molecule has 1 aliphatic rings. The van der Waals surface area contributed by atoms with E-state index in [-0.39, 0.29) is 5.91 Å². The quantitative estimate of drug-likeness (QED) is 0.637. The Balaban J connectivity index is 2.03. The zero-order valence-corrected chi connectivity index (χ0v) is 10.5. The van der Waals surface area contributed by atoms with Gasteiger partial charge in [0.1, 0.15) is 0 Å². The summed E-state index contributed by atoms with van der Waals surface area (Å²) in [5.41, 5.74) is 0.410. The van der Waals surface area contributed by atoms with Crippen molar-refractivity contribution in [2.75, 3.05) is 33.4 Å². The summed E-state index contributed by atoms with van der Waals surface area (Å²) in [5.74, 6) is 0.0543. The SMILES string of the molecule is COCCNC(=O)CNCC1(C)CCCC1. The van der Waals surface area contributed by atoms with E-state index >= 15 is 0 Å². The molecule has 4 heteroatoms. The lowest BCUT2D eigenvalue weighted by Gasteiger charge is -2.23. The molecule has 0 aliphatic heterocycles. The van der Waals surface area contributed by atoms with Crippen LogP contribution in [-0.2, 0) is 9.53 Å². The van der Waals surface area contributed by atoms with E-state index < -0.39 is 0 Å². The second kappa shape index (κ2) is 6.86. The minimum Gasteiger partial charge on any atom is -0.383 e. The zero-order chi connectivity index (χ0) is 11.9. The van der Waals surface area contributed by atoms with Crippen molar-refractivity contribution in [1.29, 1.82) is 0 Å². The van der Waals surface area contributed by atoms with Crippen LogP contribution in [0.3, 0.4) is 0 Å². The fourth-order valence-electron chi connectivity index (χ4n) is 2.24. The van der Waals surface area contributed by atoms with E-state index in [0.29, 0.717) is 25.1 Å². The van der Waals surface area contributed by atoms with Gasteiger partial charge < -0.3 is 15.4 Å². The molecule has 16 heavy (non-hydrogen) atoms. The van der Waals surface area contributed by atoms with Crippen LogP contribution in [0.15, 0.2) is 0 Å². The highest BCUT2D eigenvalue weighted by molar-refractivity contribution is 5.77. The highest BCUT2D eigenvalue weighted by Crippen LogP contribution is 2.36. The van der Waals surface area contributed by atoms with Crippen LogP contribution in [0.1, 0.15) is 32.6 Å². The summed E-state index contributed by atoms with van der Waals surface area (Å²) in [5, 5.41) is 6.04. The summed E-state index contributed by atoms with van der Waals surface area (Å²) >= 11 is 0. The van der Waals surface area contributed by atoms with Gasteiger partial charge in [0, 0.05) is 20.2 Å². The number of nitrogens with one attached hydrogen (secondary N) is 2. The lowest BCUT2D eigenvalue weighted by atomic mass is 9.89. The van der Waals surface area contributed by atoms with Crippen molar-refractivity contribution in [3.05, 3.63) is 0 Å². The van der Waals surface area contributed by atoms with Gasteiger partial charge in [-0.05, 0) is 18.3 Å². The van der Waals surface area contributed by atoms with E-state index in [2.05, 4.69) is 17.6 Å². The van der Waals surface area contributed by atoms with Gasteiger partial charge in [-0.25, -0.2) is 0 Å². The van der Waals surface area contributed by atoms with Crippen molar-refractivity contribution in [3.8, 4) is 0 Å².